The molecular weight excluding hydrogens is 354 g/mol. The van der Waals surface area contributed by atoms with Crippen LogP contribution in [0.4, 0.5) is 17.1 Å². The van der Waals surface area contributed by atoms with Crippen LogP contribution in [0.2, 0.25) is 0 Å². The lowest BCUT2D eigenvalue weighted by atomic mass is 10.1. The summed E-state index contributed by atoms with van der Waals surface area (Å²) in [6.07, 6.45) is 2.79. The van der Waals surface area contributed by atoms with Crippen molar-refractivity contribution in [1.82, 2.24) is 0 Å². The number of hydrogen-bond acceptors (Lipinski definition) is 4. The van der Waals surface area contributed by atoms with Gasteiger partial charge in [-0.05, 0) is 54.8 Å². The van der Waals surface area contributed by atoms with Crippen LogP contribution in [0.1, 0.15) is 25.3 Å². The van der Waals surface area contributed by atoms with Gasteiger partial charge in [0.2, 0.25) is 11.8 Å². The molecule has 0 radical (unpaired) electrons. The monoisotopic (exact) mass is 381 g/mol. The molecule has 148 valence electrons. The Morgan fingerprint density at radius 2 is 1.68 bits per heavy atom. The number of ether oxygens (including phenoxy) is 1. The van der Waals surface area contributed by atoms with Crippen molar-refractivity contribution in [3.63, 3.8) is 0 Å². The van der Waals surface area contributed by atoms with Crippen molar-refractivity contribution in [3.8, 4) is 0 Å². The number of methoxy groups -OCH3 is 1. The number of anilines is 3. The summed E-state index contributed by atoms with van der Waals surface area (Å²) < 4.78 is 5.48. The Morgan fingerprint density at radius 1 is 1.04 bits per heavy atom. The quantitative estimate of drug-likeness (QED) is 0.804. The van der Waals surface area contributed by atoms with E-state index in [9.17, 15) is 9.59 Å². The maximum atomic E-state index is 12.3. The fraction of sp³-hybridized carbons (Fsp3) is 0.364. The van der Waals surface area contributed by atoms with E-state index < -0.39 is 0 Å². The number of nitrogens with one attached hydrogen (secondary N) is 2. The van der Waals surface area contributed by atoms with Crippen LogP contribution >= 0.6 is 0 Å². The third kappa shape index (κ3) is 5.57. The van der Waals surface area contributed by atoms with Crippen LogP contribution in [0.15, 0.2) is 48.5 Å². The molecule has 2 aromatic rings. The standard InChI is InChI=1S/C22H27N3O3/c1-16(26)23-18-7-5-17(6-8-18)14-22(27)24-19-9-11-20(12-10-19)25-13-3-4-21(15-25)28-2/h5-12,21H,3-4,13-15H2,1-2H3,(H,23,26)(H,24,27). The first-order valence-electron chi connectivity index (χ1n) is 9.57. The van der Waals surface area contributed by atoms with Crippen molar-refractivity contribution in [1.29, 1.82) is 0 Å². The predicted molar refractivity (Wildman–Crippen MR) is 112 cm³/mol. The molecule has 1 fully saturated rings. The third-order valence-electron chi connectivity index (χ3n) is 4.87. The molecule has 2 N–H and O–H groups in total. The van der Waals surface area contributed by atoms with Gasteiger partial charge in [-0.15, -0.1) is 0 Å². The van der Waals surface area contributed by atoms with Gasteiger partial charge in [0.25, 0.3) is 0 Å². The Labute approximate surface area is 165 Å². The highest BCUT2D eigenvalue weighted by Gasteiger charge is 2.19. The average molecular weight is 381 g/mol. The van der Waals surface area contributed by atoms with E-state index in [4.69, 9.17) is 4.74 Å². The highest BCUT2D eigenvalue weighted by Crippen LogP contribution is 2.23. The summed E-state index contributed by atoms with van der Waals surface area (Å²) in [5, 5.41) is 5.65. The molecule has 1 aliphatic heterocycles. The van der Waals surface area contributed by atoms with Crippen LogP contribution in [-0.4, -0.2) is 38.1 Å². The van der Waals surface area contributed by atoms with E-state index in [1.54, 1.807) is 19.2 Å². The molecule has 0 spiro atoms. The summed E-state index contributed by atoms with van der Waals surface area (Å²) in [6, 6.07) is 15.2. The van der Waals surface area contributed by atoms with Crippen LogP contribution in [0.5, 0.6) is 0 Å². The molecule has 0 aliphatic carbocycles. The third-order valence-corrected chi connectivity index (χ3v) is 4.87. The van der Waals surface area contributed by atoms with Crippen molar-refractivity contribution in [2.45, 2.75) is 32.3 Å². The fourth-order valence-electron chi connectivity index (χ4n) is 3.42. The lowest BCUT2D eigenvalue weighted by Crippen LogP contribution is -2.39. The van der Waals surface area contributed by atoms with Gasteiger partial charge in [0.15, 0.2) is 0 Å². The highest BCUT2D eigenvalue weighted by molar-refractivity contribution is 5.92. The van der Waals surface area contributed by atoms with Gasteiger partial charge in [0.1, 0.15) is 0 Å². The number of rotatable bonds is 6. The van der Waals surface area contributed by atoms with Crippen molar-refractivity contribution in [2.24, 2.45) is 0 Å². The topological polar surface area (TPSA) is 70.7 Å². The van der Waals surface area contributed by atoms with Gasteiger partial charge in [-0.25, -0.2) is 0 Å². The van der Waals surface area contributed by atoms with Crippen LogP contribution < -0.4 is 15.5 Å². The Hall–Kier alpha value is -2.86. The van der Waals surface area contributed by atoms with Gasteiger partial charge in [-0.1, -0.05) is 12.1 Å². The molecular formula is C22H27N3O3. The number of piperidine rings is 1. The molecule has 1 heterocycles. The zero-order chi connectivity index (χ0) is 19.9. The first kappa shape index (κ1) is 19.9. The minimum Gasteiger partial charge on any atom is -0.380 e. The van der Waals surface area contributed by atoms with E-state index in [1.807, 2.05) is 36.4 Å². The Bertz CT molecular complexity index is 803. The molecule has 1 atom stereocenters. The molecule has 1 aliphatic rings. The minimum absolute atomic E-state index is 0.0718. The maximum Gasteiger partial charge on any atom is 0.228 e. The van der Waals surface area contributed by atoms with Gasteiger partial charge < -0.3 is 20.3 Å². The molecule has 0 saturated carbocycles. The smallest absolute Gasteiger partial charge is 0.228 e. The molecule has 1 saturated heterocycles. The summed E-state index contributed by atoms with van der Waals surface area (Å²) in [5.41, 5.74) is 3.54. The van der Waals surface area contributed by atoms with E-state index in [2.05, 4.69) is 15.5 Å². The van der Waals surface area contributed by atoms with Crippen LogP contribution in [-0.2, 0) is 20.7 Å². The largest absolute Gasteiger partial charge is 0.380 e. The van der Waals surface area contributed by atoms with E-state index >= 15 is 0 Å². The molecule has 3 rings (SSSR count). The first-order valence-corrected chi connectivity index (χ1v) is 9.57. The lowest BCUT2D eigenvalue weighted by Gasteiger charge is -2.33. The number of nitrogens with zero attached hydrogens (tertiary/aromatic N) is 1. The van der Waals surface area contributed by atoms with Gasteiger partial charge in [-0.2, -0.15) is 0 Å². The van der Waals surface area contributed by atoms with Gasteiger partial charge in [0, 0.05) is 44.2 Å². The van der Waals surface area contributed by atoms with Crippen LogP contribution in [0.3, 0.4) is 0 Å². The fourth-order valence-corrected chi connectivity index (χ4v) is 3.42. The molecule has 2 amide bonds. The van der Waals surface area contributed by atoms with E-state index in [-0.39, 0.29) is 24.3 Å². The van der Waals surface area contributed by atoms with Crippen molar-refractivity contribution in [2.75, 3.05) is 35.7 Å². The lowest BCUT2D eigenvalue weighted by molar-refractivity contribution is -0.116. The van der Waals surface area contributed by atoms with Crippen LogP contribution in [0, 0.1) is 0 Å². The minimum atomic E-state index is -0.115. The number of amides is 2. The number of carbonyl (C=O) groups excluding carboxylic acids is 2. The number of carbonyl (C=O) groups is 2. The second-order valence-corrected chi connectivity index (χ2v) is 7.10. The highest BCUT2D eigenvalue weighted by atomic mass is 16.5. The molecule has 0 aromatic heterocycles. The van der Waals surface area contributed by atoms with Gasteiger partial charge >= 0.3 is 0 Å². The maximum absolute atomic E-state index is 12.3. The molecule has 6 nitrogen and oxygen atoms in total. The summed E-state index contributed by atoms with van der Waals surface area (Å²) in [6.45, 7) is 3.39. The SMILES string of the molecule is COC1CCCN(c2ccc(NC(=O)Cc3ccc(NC(C)=O)cc3)cc2)C1. The Kier molecular flexibility index (Phi) is 6.66. The molecule has 1 unspecified atom stereocenters. The summed E-state index contributed by atoms with van der Waals surface area (Å²) in [4.78, 5) is 25.7. The van der Waals surface area contributed by atoms with E-state index in [0.29, 0.717) is 0 Å². The van der Waals surface area contributed by atoms with Crippen molar-refractivity contribution < 1.29 is 14.3 Å². The molecule has 2 aromatic carbocycles. The molecule has 6 heteroatoms. The molecule has 0 bridgehead atoms. The average Bonchev–Trinajstić information content (AvgIpc) is 2.69. The Balaban J connectivity index is 1.53. The van der Waals surface area contributed by atoms with E-state index in [0.717, 1.165) is 48.6 Å². The zero-order valence-electron chi connectivity index (χ0n) is 16.4. The van der Waals surface area contributed by atoms with Crippen molar-refractivity contribution in [3.05, 3.63) is 54.1 Å². The number of benzene rings is 2. The summed E-state index contributed by atoms with van der Waals surface area (Å²) in [7, 11) is 1.76. The normalized spacial score (nSPS) is 16.5. The Morgan fingerprint density at radius 3 is 2.32 bits per heavy atom. The van der Waals surface area contributed by atoms with Gasteiger partial charge in [0.05, 0.1) is 12.5 Å². The van der Waals surface area contributed by atoms with Crippen LogP contribution in [0.25, 0.3) is 0 Å². The second kappa shape index (κ2) is 9.37. The zero-order valence-corrected chi connectivity index (χ0v) is 16.4. The number of hydrogen-bond donors (Lipinski definition) is 2. The molecule has 28 heavy (non-hydrogen) atoms. The second-order valence-electron chi connectivity index (χ2n) is 7.10. The van der Waals surface area contributed by atoms with Gasteiger partial charge in [-0.3, -0.25) is 9.59 Å². The van der Waals surface area contributed by atoms with E-state index in [1.165, 1.54) is 6.92 Å². The summed E-state index contributed by atoms with van der Waals surface area (Å²) in [5.74, 6) is -0.186. The summed E-state index contributed by atoms with van der Waals surface area (Å²) >= 11 is 0. The predicted octanol–water partition coefficient (Wildman–Crippen LogP) is 3.44. The van der Waals surface area contributed by atoms with Crippen molar-refractivity contribution >= 4 is 28.9 Å². The first-order chi connectivity index (χ1) is 13.5.